The van der Waals surface area contributed by atoms with Gasteiger partial charge in [0.25, 0.3) is 11.3 Å². The highest BCUT2D eigenvalue weighted by Gasteiger charge is 2.65. The molecule has 0 N–H and O–H groups in total. The van der Waals surface area contributed by atoms with E-state index < -0.39 is 5.66 Å². The van der Waals surface area contributed by atoms with Crippen molar-refractivity contribution >= 4 is 65.9 Å². The summed E-state index contributed by atoms with van der Waals surface area (Å²) in [5.41, 5.74) is 13.4. The minimum atomic E-state index is -0.699. The van der Waals surface area contributed by atoms with Crippen LogP contribution >= 0.6 is 0 Å². The molecule has 0 radical (unpaired) electrons. The number of fused-ring (bicyclic) bond motifs is 7. The smallest absolute Gasteiger partial charge is 0.315 e. The molecule has 7 nitrogen and oxygen atoms in total. The molecule has 0 saturated heterocycles. The minimum Gasteiger partial charge on any atom is -0.456 e. The SMILES string of the molecule is Cc1cccc(C)c1-c1c[n+]2c3c4c5c(ccc4c4nc6ccccc6nc4n13)Oc1ccc3c4ccccc4n4cc[n+]6c4c3c1C562. The summed E-state index contributed by atoms with van der Waals surface area (Å²) in [4.78, 5) is 10.7. The van der Waals surface area contributed by atoms with Crippen LogP contribution in [0.1, 0.15) is 22.3 Å². The van der Waals surface area contributed by atoms with E-state index >= 15 is 0 Å². The molecule has 7 heteroatoms. The average molecular weight is 617 g/mol. The van der Waals surface area contributed by atoms with E-state index in [2.05, 4.69) is 129 Å². The normalized spacial score (nSPS) is 16.8. The van der Waals surface area contributed by atoms with E-state index in [0.29, 0.717) is 0 Å². The lowest BCUT2D eigenvalue weighted by molar-refractivity contribution is -0.944. The second-order valence-electron chi connectivity index (χ2n) is 13.6. The number of rotatable bonds is 1. The molecule has 8 heterocycles. The first-order chi connectivity index (χ1) is 23.6. The van der Waals surface area contributed by atoms with E-state index in [1.54, 1.807) is 0 Å². The molecule has 1 spiro atoms. The maximum atomic E-state index is 6.91. The molecule has 0 fully saturated rings. The van der Waals surface area contributed by atoms with Crippen molar-refractivity contribution in [2.75, 3.05) is 0 Å². The number of ether oxygens (including phenoxy) is 1. The third-order valence-corrected chi connectivity index (χ3v) is 11.4. The van der Waals surface area contributed by atoms with Crippen LogP contribution in [0.2, 0.25) is 0 Å². The van der Waals surface area contributed by atoms with E-state index in [9.17, 15) is 0 Å². The zero-order chi connectivity index (χ0) is 31.2. The summed E-state index contributed by atoms with van der Waals surface area (Å²) in [6.45, 7) is 4.42. The lowest BCUT2D eigenvalue weighted by Crippen LogP contribution is -2.71. The predicted molar refractivity (Wildman–Crippen MR) is 185 cm³/mol. The molecule has 48 heavy (non-hydrogen) atoms. The first-order valence-corrected chi connectivity index (χ1v) is 16.4. The predicted octanol–water partition coefficient (Wildman–Crippen LogP) is 7.64. The van der Waals surface area contributed by atoms with Gasteiger partial charge in [0.2, 0.25) is 0 Å². The van der Waals surface area contributed by atoms with Crippen molar-refractivity contribution in [1.29, 1.82) is 0 Å². The van der Waals surface area contributed by atoms with Crippen LogP contribution in [0.4, 0.5) is 0 Å². The fraction of sp³-hybridized carbons (Fsp3) is 0.0732. The topological polar surface area (TPSA) is 51.6 Å². The van der Waals surface area contributed by atoms with Gasteiger partial charge in [0.05, 0.1) is 21.8 Å². The number of pyridine rings is 2. The van der Waals surface area contributed by atoms with Crippen LogP contribution in [0.5, 0.6) is 11.5 Å². The molecule has 0 aliphatic carbocycles. The second-order valence-corrected chi connectivity index (χ2v) is 13.6. The van der Waals surface area contributed by atoms with Crippen LogP contribution < -0.4 is 13.9 Å². The lowest BCUT2D eigenvalue weighted by atomic mass is 9.85. The van der Waals surface area contributed by atoms with Crippen LogP contribution in [0.3, 0.4) is 0 Å². The van der Waals surface area contributed by atoms with Gasteiger partial charge in [-0.2, -0.15) is 17.9 Å². The van der Waals surface area contributed by atoms with Crippen molar-refractivity contribution in [3.63, 3.8) is 0 Å². The zero-order valence-corrected chi connectivity index (χ0v) is 26.0. The van der Waals surface area contributed by atoms with E-state index in [1.807, 2.05) is 12.1 Å². The van der Waals surface area contributed by atoms with Crippen molar-refractivity contribution < 1.29 is 13.9 Å². The number of hydrogen-bond acceptors (Lipinski definition) is 3. The summed E-state index contributed by atoms with van der Waals surface area (Å²) in [6, 6.07) is 32.2. The second kappa shape index (κ2) is 7.45. The van der Waals surface area contributed by atoms with Gasteiger partial charge in [0, 0.05) is 21.7 Å². The lowest BCUT2D eigenvalue weighted by Gasteiger charge is -2.30. The maximum absolute atomic E-state index is 6.91. The van der Waals surface area contributed by atoms with Gasteiger partial charge in [0.1, 0.15) is 52.2 Å². The molecular weight excluding hydrogens is 592 g/mol. The van der Waals surface area contributed by atoms with Crippen LogP contribution in [0.15, 0.2) is 110 Å². The van der Waals surface area contributed by atoms with E-state index in [0.717, 1.165) is 61.4 Å². The van der Waals surface area contributed by atoms with Crippen molar-refractivity contribution in [3.05, 3.63) is 132 Å². The molecule has 0 saturated carbocycles. The van der Waals surface area contributed by atoms with Gasteiger partial charge in [-0.25, -0.2) is 9.97 Å². The Balaban J connectivity index is 1.34. The van der Waals surface area contributed by atoms with Crippen molar-refractivity contribution in [2.24, 2.45) is 0 Å². The first-order valence-electron chi connectivity index (χ1n) is 16.4. The van der Waals surface area contributed by atoms with Crippen LogP contribution in [0.25, 0.3) is 77.2 Å². The summed E-state index contributed by atoms with van der Waals surface area (Å²) in [7, 11) is 0. The number of aromatic nitrogens is 6. The summed E-state index contributed by atoms with van der Waals surface area (Å²) >= 11 is 0. The summed E-state index contributed by atoms with van der Waals surface area (Å²) in [5, 5.41) is 5.95. The monoisotopic (exact) mass is 616 g/mol. The molecule has 5 aromatic heterocycles. The van der Waals surface area contributed by atoms with Gasteiger partial charge in [-0.15, -0.1) is 0 Å². The number of benzene rings is 5. The maximum Gasteiger partial charge on any atom is 0.315 e. The molecule has 222 valence electrons. The molecule has 5 aromatic carbocycles. The fourth-order valence-electron chi connectivity index (χ4n) is 9.63. The zero-order valence-electron chi connectivity index (χ0n) is 26.0. The van der Waals surface area contributed by atoms with E-state index in [4.69, 9.17) is 14.7 Å². The molecule has 0 bridgehead atoms. The van der Waals surface area contributed by atoms with E-state index in [1.165, 1.54) is 49.6 Å². The Kier molecular flexibility index (Phi) is 3.71. The molecule has 13 rings (SSSR count). The molecule has 10 aromatic rings. The third-order valence-electron chi connectivity index (χ3n) is 11.4. The van der Waals surface area contributed by atoms with Crippen molar-refractivity contribution in [2.45, 2.75) is 19.5 Å². The molecule has 3 aliphatic rings. The third kappa shape index (κ3) is 2.30. The van der Waals surface area contributed by atoms with Crippen molar-refractivity contribution in [3.8, 4) is 22.8 Å². The van der Waals surface area contributed by atoms with E-state index in [-0.39, 0.29) is 0 Å². The average Bonchev–Trinajstić information content (AvgIpc) is 3.86. The highest BCUT2D eigenvalue weighted by Crippen LogP contribution is 2.58. The fourth-order valence-corrected chi connectivity index (χ4v) is 9.63. The highest BCUT2D eigenvalue weighted by molar-refractivity contribution is 6.17. The van der Waals surface area contributed by atoms with Crippen LogP contribution in [0, 0.1) is 13.8 Å². The van der Waals surface area contributed by atoms with Gasteiger partial charge in [-0.05, 0) is 67.4 Å². The Morgan fingerprint density at radius 2 is 1.38 bits per heavy atom. The van der Waals surface area contributed by atoms with Crippen LogP contribution in [-0.4, -0.2) is 18.8 Å². The molecule has 3 aliphatic heterocycles. The Morgan fingerprint density at radius 1 is 0.667 bits per heavy atom. The Morgan fingerprint density at radius 3 is 2.19 bits per heavy atom. The number of imidazole rings is 2. The minimum absolute atomic E-state index is 0.699. The Hall–Kier alpha value is -6.34. The highest BCUT2D eigenvalue weighted by atomic mass is 16.5. The Bertz CT molecular complexity index is 3220. The molecule has 1 unspecified atom stereocenters. The first kappa shape index (κ1) is 23.9. The Labute approximate surface area is 272 Å². The van der Waals surface area contributed by atoms with Gasteiger partial charge in [-0.1, -0.05) is 48.5 Å². The summed E-state index contributed by atoms with van der Waals surface area (Å²) in [6.07, 6.45) is 6.87. The summed E-state index contributed by atoms with van der Waals surface area (Å²) < 4.78 is 16.7. The molecule has 1 atom stereocenters. The van der Waals surface area contributed by atoms with Crippen molar-refractivity contribution in [1.82, 2.24) is 18.8 Å². The molecule has 0 amide bonds. The number of para-hydroxylation sites is 3. The van der Waals surface area contributed by atoms with Crippen LogP contribution in [-0.2, 0) is 5.66 Å². The molecular formula is C41H24N6O+2. The summed E-state index contributed by atoms with van der Waals surface area (Å²) in [5.74, 6) is 1.78. The van der Waals surface area contributed by atoms with Gasteiger partial charge >= 0.3 is 11.3 Å². The van der Waals surface area contributed by atoms with Gasteiger partial charge in [0.15, 0.2) is 5.69 Å². The van der Waals surface area contributed by atoms with Gasteiger partial charge in [-0.3, -0.25) is 0 Å². The number of hydrogen-bond donors (Lipinski definition) is 0. The number of aryl methyl sites for hydroxylation is 2. The largest absolute Gasteiger partial charge is 0.456 e. The quantitative estimate of drug-likeness (QED) is 0.108. The standard InChI is InChI=1S/C41H24N6O/c1-21-8-7-9-22(2)32(21)29-20-46-40-34-25(37-38(47(29)40)43-27-12-5-4-11-26(27)42-37)15-17-31-36(34)41(46)35-30(48-31)16-14-24-23-10-3-6-13-28(23)44-18-19-45(41)39(44)33(24)35/h3-20H,1-2H3/q+2. The number of nitrogens with zero attached hydrogens (tertiary/aromatic N) is 6. The van der Waals surface area contributed by atoms with Gasteiger partial charge < -0.3 is 4.74 Å².